The lowest BCUT2D eigenvalue weighted by atomic mass is 10.2. The van der Waals surface area contributed by atoms with Crippen molar-refractivity contribution in [2.75, 3.05) is 26.7 Å². The highest BCUT2D eigenvalue weighted by Crippen LogP contribution is 2.11. The molecular formula is C13H19N3O3. The Balaban J connectivity index is 2.42. The van der Waals surface area contributed by atoms with Crippen LogP contribution in [0.2, 0.25) is 0 Å². The van der Waals surface area contributed by atoms with E-state index in [0.717, 1.165) is 13.0 Å². The average Bonchev–Trinajstić information content (AvgIpc) is 2.41. The number of hydrogen-bond acceptors (Lipinski definition) is 4. The standard InChI is InChI=1S/C13H19N3O3/c1-15-7-2-8-16-13(18)10-3-5-11(6-4-10)19-9-12(14)17/h3-6,15H,2,7-9H2,1H3,(H2,14,17)(H,16,18). The molecule has 0 saturated carbocycles. The molecule has 0 aliphatic rings. The van der Waals surface area contributed by atoms with Gasteiger partial charge in [-0.05, 0) is 44.3 Å². The van der Waals surface area contributed by atoms with Crippen LogP contribution in [-0.2, 0) is 4.79 Å². The van der Waals surface area contributed by atoms with Crippen LogP contribution in [0.5, 0.6) is 5.75 Å². The monoisotopic (exact) mass is 265 g/mol. The second-order valence-corrected chi connectivity index (χ2v) is 3.99. The molecule has 19 heavy (non-hydrogen) atoms. The molecule has 1 aromatic carbocycles. The molecule has 0 unspecified atom stereocenters. The Morgan fingerprint density at radius 1 is 1.21 bits per heavy atom. The molecule has 0 atom stereocenters. The number of ether oxygens (including phenoxy) is 1. The Bertz CT molecular complexity index is 418. The first-order valence-corrected chi connectivity index (χ1v) is 6.07. The van der Waals surface area contributed by atoms with Gasteiger partial charge in [0, 0.05) is 12.1 Å². The normalized spacial score (nSPS) is 9.95. The molecule has 0 saturated heterocycles. The van der Waals surface area contributed by atoms with Crippen LogP contribution < -0.4 is 21.1 Å². The van der Waals surface area contributed by atoms with E-state index in [0.29, 0.717) is 17.9 Å². The second-order valence-electron chi connectivity index (χ2n) is 3.99. The molecule has 1 rings (SSSR count). The first-order valence-electron chi connectivity index (χ1n) is 6.07. The van der Waals surface area contributed by atoms with Gasteiger partial charge >= 0.3 is 0 Å². The molecule has 0 fully saturated rings. The van der Waals surface area contributed by atoms with Crippen molar-refractivity contribution in [3.05, 3.63) is 29.8 Å². The number of nitrogens with one attached hydrogen (secondary N) is 2. The highest BCUT2D eigenvalue weighted by molar-refractivity contribution is 5.94. The van der Waals surface area contributed by atoms with Gasteiger partial charge in [0.05, 0.1) is 0 Å². The van der Waals surface area contributed by atoms with Gasteiger partial charge in [0.1, 0.15) is 5.75 Å². The number of amides is 2. The summed E-state index contributed by atoms with van der Waals surface area (Å²) in [7, 11) is 1.87. The summed E-state index contributed by atoms with van der Waals surface area (Å²) in [4.78, 5) is 22.3. The zero-order valence-electron chi connectivity index (χ0n) is 10.9. The first kappa shape index (κ1) is 15.0. The predicted molar refractivity (Wildman–Crippen MR) is 72.0 cm³/mol. The van der Waals surface area contributed by atoms with Crippen LogP contribution in [0.3, 0.4) is 0 Å². The quantitative estimate of drug-likeness (QED) is 0.572. The molecule has 0 aliphatic heterocycles. The fraction of sp³-hybridized carbons (Fsp3) is 0.385. The van der Waals surface area contributed by atoms with Crippen molar-refractivity contribution in [3.63, 3.8) is 0 Å². The van der Waals surface area contributed by atoms with Crippen molar-refractivity contribution < 1.29 is 14.3 Å². The van der Waals surface area contributed by atoms with Gasteiger partial charge in [0.25, 0.3) is 11.8 Å². The SMILES string of the molecule is CNCCCNC(=O)c1ccc(OCC(N)=O)cc1. The van der Waals surface area contributed by atoms with Gasteiger partial charge < -0.3 is 21.1 Å². The average molecular weight is 265 g/mol. The Kier molecular flexibility index (Phi) is 6.38. The van der Waals surface area contributed by atoms with Gasteiger partial charge in [0.2, 0.25) is 0 Å². The van der Waals surface area contributed by atoms with Crippen LogP contribution in [0.4, 0.5) is 0 Å². The van der Waals surface area contributed by atoms with E-state index in [1.165, 1.54) is 0 Å². The second kappa shape index (κ2) is 8.10. The number of benzene rings is 1. The summed E-state index contributed by atoms with van der Waals surface area (Å²) in [5, 5.41) is 5.82. The summed E-state index contributed by atoms with van der Waals surface area (Å²) in [5.41, 5.74) is 5.52. The molecule has 0 heterocycles. The van der Waals surface area contributed by atoms with Crippen LogP contribution in [0.25, 0.3) is 0 Å². The predicted octanol–water partition coefficient (Wildman–Crippen LogP) is -0.110. The summed E-state index contributed by atoms with van der Waals surface area (Å²) in [6.07, 6.45) is 0.877. The molecule has 0 bridgehead atoms. The van der Waals surface area contributed by atoms with Crippen molar-refractivity contribution in [3.8, 4) is 5.75 Å². The highest BCUT2D eigenvalue weighted by atomic mass is 16.5. The first-order chi connectivity index (χ1) is 9.13. The minimum atomic E-state index is -0.536. The Morgan fingerprint density at radius 3 is 2.47 bits per heavy atom. The summed E-state index contributed by atoms with van der Waals surface area (Å²) >= 11 is 0. The van der Waals surface area contributed by atoms with E-state index >= 15 is 0 Å². The van der Waals surface area contributed by atoms with Gasteiger partial charge in [-0.3, -0.25) is 9.59 Å². The third kappa shape index (κ3) is 5.87. The molecular weight excluding hydrogens is 246 g/mol. The number of carbonyl (C=O) groups excluding carboxylic acids is 2. The lowest BCUT2D eigenvalue weighted by molar-refractivity contribution is -0.119. The van der Waals surface area contributed by atoms with E-state index in [2.05, 4.69) is 10.6 Å². The van der Waals surface area contributed by atoms with Crippen LogP contribution in [0, 0.1) is 0 Å². The third-order valence-electron chi connectivity index (χ3n) is 2.39. The Hall–Kier alpha value is -2.08. The number of rotatable bonds is 8. The van der Waals surface area contributed by atoms with E-state index in [4.69, 9.17) is 10.5 Å². The minimum Gasteiger partial charge on any atom is -0.484 e. The fourth-order valence-corrected chi connectivity index (χ4v) is 1.43. The van der Waals surface area contributed by atoms with E-state index in [-0.39, 0.29) is 12.5 Å². The van der Waals surface area contributed by atoms with Crippen LogP contribution in [0.1, 0.15) is 16.8 Å². The molecule has 104 valence electrons. The van der Waals surface area contributed by atoms with Crippen molar-refractivity contribution >= 4 is 11.8 Å². The topological polar surface area (TPSA) is 93.4 Å². The van der Waals surface area contributed by atoms with Crippen molar-refractivity contribution in [2.45, 2.75) is 6.42 Å². The van der Waals surface area contributed by atoms with Crippen molar-refractivity contribution in [2.24, 2.45) is 5.73 Å². The van der Waals surface area contributed by atoms with E-state index in [9.17, 15) is 9.59 Å². The summed E-state index contributed by atoms with van der Waals surface area (Å²) < 4.78 is 5.10. The van der Waals surface area contributed by atoms with E-state index < -0.39 is 5.91 Å². The molecule has 0 radical (unpaired) electrons. The Morgan fingerprint density at radius 2 is 1.89 bits per heavy atom. The molecule has 1 aromatic rings. The molecule has 0 aliphatic carbocycles. The van der Waals surface area contributed by atoms with Crippen molar-refractivity contribution in [1.82, 2.24) is 10.6 Å². The van der Waals surface area contributed by atoms with Crippen molar-refractivity contribution in [1.29, 1.82) is 0 Å². The molecule has 4 N–H and O–H groups in total. The largest absolute Gasteiger partial charge is 0.484 e. The summed E-state index contributed by atoms with van der Waals surface area (Å²) in [5.74, 6) is -0.158. The minimum absolute atomic E-state index is 0.127. The Labute approximate surface area is 112 Å². The zero-order valence-corrected chi connectivity index (χ0v) is 10.9. The third-order valence-corrected chi connectivity index (χ3v) is 2.39. The maximum atomic E-state index is 11.7. The van der Waals surface area contributed by atoms with E-state index in [1.807, 2.05) is 7.05 Å². The molecule has 2 amide bonds. The van der Waals surface area contributed by atoms with Gasteiger partial charge in [-0.25, -0.2) is 0 Å². The van der Waals surface area contributed by atoms with Crippen LogP contribution in [-0.4, -0.2) is 38.6 Å². The fourth-order valence-electron chi connectivity index (χ4n) is 1.43. The van der Waals surface area contributed by atoms with Crippen LogP contribution in [0.15, 0.2) is 24.3 Å². The highest BCUT2D eigenvalue weighted by Gasteiger charge is 2.05. The van der Waals surface area contributed by atoms with Crippen LogP contribution >= 0.6 is 0 Å². The number of hydrogen-bond donors (Lipinski definition) is 3. The van der Waals surface area contributed by atoms with E-state index in [1.54, 1.807) is 24.3 Å². The number of primary amides is 1. The van der Waals surface area contributed by atoms with Gasteiger partial charge in [-0.2, -0.15) is 0 Å². The number of carbonyl (C=O) groups is 2. The molecule has 6 heteroatoms. The zero-order chi connectivity index (χ0) is 14.1. The smallest absolute Gasteiger partial charge is 0.255 e. The summed E-state index contributed by atoms with van der Waals surface area (Å²) in [6.45, 7) is 1.31. The van der Waals surface area contributed by atoms with Gasteiger partial charge in [0.15, 0.2) is 6.61 Å². The summed E-state index contributed by atoms with van der Waals surface area (Å²) in [6, 6.07) is 6.55. The number of nitrogens with two attached hydrogens (primary N) is 1. The van der Waals surface area contributed by atoms with Gasteiger partial charge in [-0.1, -0.05) is 0 Å². The lowest BCUT2D eigenvalue weighted by Crippen LogP contribution is -2.26. The molecule has 0 aromatic heterocycles. The maximum Gasteiger partial charge on any atom is 0.255 e. The molecule has 6 nitrogen and oxygen atoms in total. The molecule has 0 spiro atoms. The maximum absolute atomic E-state index is 11.7. The van der Waals surface area contributed by atoms with Gasteiger partial charge in [-0.15, -0.1) is 0 Å². The lowest BCUT2D eigenvalue weighted by Gasteiger charge is -2.06.